The van der Waals surface area contributed by atoms with Crippen molar-refractivity contribution < 1.29 is 4.79 Å². The molecule has 1 heterocycles. The average molecular weight is 223 g/mol. The van der Waals surface area contributed by atoms with Gasteiger partial charge < -0.3 is 16.0 Å². The number of likely N-dealkylation sites (N-methyl/N-ethyl adjacent to an activating group) is 1. The zero-order valence-electron chi connectivity index (χ0n) is 9.77. The van der Waals surface area contributed by atoms with Crippen LogP contribution in [0.3, 0.4) is 0 Å². The minimum absolute atomic E-state index is 0.00600. The third-order valence-electron chi connectivity index (χ3n) is 2.24. The zero-order chi connectivity index (χ0) is 12.1. The number of carbonyl (C=O) groups is 1. The molecule has 1 unspecified atom stereocenters. The summed E-state index contributed by atoms with van der Waals surface area (Å²) in [6.45, 7) is 4.35. The monoisotopic (exact) mass is 223 g/mol. The highest BCUT2D eigenvalue weighted by Gasteiger charge is 2.16. The maximum Gasteiger partial charge on any atom is 0.244 e. The largest absolute Gasteiger partial charge is 0.384 e. The van der Waals surface area contributed by atoms with Gasteiger partial charge in [0.15, 0.2) is 0 Å². The van der Waals surface area contributed by atoms with Crippen LogP contribution in [-0.4, -0.2) is 40.4 Å². The third-order valence-corrected chi connectivity index (χ3v) is 2.24. The number of hydrogen-bond acceptors (Lipinski definition) is 5. The molecular formula is C10H17N5O. The summed E-state index contributed by atoms with van der Waals surface area (Å²) in [5, 5.41) is 2.90. The van der Waals surface area contributed by atoms with E-state index >= 15 is 0 Å². The Morgan fingerprint density at radius 3 is 2.94 bits per heavy atom. The van der Waals surface area contributed by atoms with Gasteiger partial charge in [-0.2, -0.15) is 4.98 Å². The molecule has 88 valence electrons. The van der Waals surface area contributed by atoms with Crippen LogP contribution in [0.1, 0.15) is 13.8 Å². The van der Waals surface area contributed by atoms with E-state index in [-0.39, 0.29) is 11.9 Å². The van der Waals surface area contributed by atoms with Crippen LogP contribution in [0.25, 0.3) is 0 Å². The predicted octanol–water partition coefficient (Wildman–Crippen LogP) is 0.337. The number of rotatable bonds is 4. The van der Waals surface area contributed by atoms with E-state index in [2.05, 4.69) is 15.3 Å². The maximum absolute atomic E-state index is 11.7. The van der Waals surface area contributed by atoms with Crippen molar-refractivity contribution in [2.24, 2.45) is 0 Å². The normalized spacial score (nSPS) is 11.9. The van der Waals surface area contributed by atoms with Crippen molar-refractivity contribution in [2.45, 2.75) is 19.9 Å². The first-order chi connectivity index (χ1) is 7.54. The topological polar surface area (TPSA) is 84.1 Å². The fraction of sp³-hybridized carbons (Fsp3) is 0.500. The smallest absolute Gasteiger partial charge is 0.244 e. The molecule has 0 saturated heterocycles. The van der Waals surface area contributed by atoms with Crippen molar-refractivity contribution in [1.29, 1.82) is 0 Å². The zero-order valence-corrected chi connectivity index (χ0v) is 9.77. The van der Waals surface area contributed by atoms with E-state index in [1.54, 1.807) is 31.1 Å². The molecule has 0 aromatic carbocycles. The molecule has 1 rings (SSSR count). The van der Waals surface area contributed by atoms with Crippen molar-refractivity contribution >= 4 is 17.7 Å². The first kappa shape index (κ1) is 12.2. The number of nitrogens with zero attached hydrogens (tertiary/aromatic N) is 3. The highest BCUT2D eigenvalue weighted by atomic mass is 16.2. The Morgan fingerprint density at radius 1 is 1.69 bits per heavy atom. The minimum atomic E-state index is -0.369. The van der Waals surface area contributed by atoms with Gasteiger partial charge in [-0.15, -0.1) is 0 Å². The lowest BCUT2D eigenvalue weighted by molar-refractivity contribution is -0.130. The number of aromatic nitrogens is 2. The summed E-state index contributed by atoms with van der Waals surface area (Å²) in [6, 6.07) is 1.22. The van der Waals surface area contributed by atoms with Gasteiger partial charge >= 0.3 is 0 Å². The quantitative estimate of drug-likeness (QED) is 0.768. The molecule has 0 aliphatic rings. The molecule has 0 fully saturated rings. The fourth-order valence-electron chi connectivity index (χ4n) is 1.18. The van der Waals surface area contributed by atoms with E-state index < -0.39 is 0 Å². The van der Waals surface area contributed by atoms with Crippen LogP contribution in [-0.2, 0) is 4.79 Å². The van der Waals surface area contributed by atoms with Crippen LogP contribution in [0, 0.1) is 0 Å². The number of carbonyl (C=O) groups excluding carboxylic acids is 1. The Morgan fingerprint density at radius 2 is 2.38 bits per heavy atom. The molecule has 3 N–H and O–H groups in total. The Balaban J connectivity index is 2.64. The Bertz CT molecular complexity index is 368. The predicted molar refractivity (Wildman–Crippen MR) is 62.8 cm³/mol. The molecule has 1 atom stereocenters. The van der Waals surface area contributed by atoms with Gasteiger partial charge in [0.05, 0.1) is 0 Å². The number of nitrogens with two attached hydrogens (primary N) is 1. The third kappa shape index (κ3) is 3.08. The lowest BCUT2D eigenvalue weighted by Crippen LogP contribution is -2.39. The average Bonchev–Trinajstić information content (AvgIpc) is 2.27. The van der Waals surface area contributed by atoms with Crippen LogP contribution in [0.2, 0.25) is 0 Å². The first-order valence-corrected chi connectivity index (χ1v) is 5.14. The van der Waals surface area contributed by atoms with Crippen molar-refractivity contribution in [3.8, 4) is 0 Å². The van der Waals surface area contributed by atoms with Crippen molar-refractivity contribution in [3.05, 3.63) is 12.3 Å². The molecule has 6 nitrogen and oxygen atoms in total. The summed E-state index contributed by atoms with van der Waals surface area (Å²) in [5.74, 6) is 0.736. The van der Waals surface area contributed by atoms with Gasteiger partial charge in [-0.25, -0.2) is 4.98 Å². The molecule has 0 radical (unpaired) electrons. The lowest BCUT2D eigenvalue weighted by Gasteiger charge is -2.20. The van der Waals surface area contributed by atoms with E-state index in [4.69, 9.17) is 5.73 Å². The van der Waals surface area contributed by atoms with Crippen molar-refractivity contribution in [3.63, 3.8) is 0 Å². The number of amides is 1. The molecule has 0 bridgehead atoms. The second-order valence-electron chi connectivity index (χ2n) is 3.52. The summed E-state index contributed by atoms with van der Waals surface area (Å²) < 4.78 is 0. The van der Waals surface area contributed by atoms with Crippen LogP contribution in [0.5, 0.6) is 0 Å². The van der Waals surface area contributed by atoms with Crippen LogP contribution in [0.15, 0.2) is 12.3 Å². The van der Waals surface area contributed by atoms with Gasteiger partial charge in [0.2, 0.25) is 11.9 Å². The number of hydrogen-bond donors (Lipinski definition) is 2. The SMILES string of the molecule is CCN(C)C(=O)C(C)Nc1nccc(N)n1. The first-order valence-electron chi connectivity index (χ1n) is 5.14. The van der Waals surface area contributed by atoms with Crippen molar-refractivity contribution in [1.82, 2.24) is 14.9 Å². The second kappa shape index (κ2) is 5.29. The Kier molecular flexibility index (Phi) is 4.04. The molecule has 1 aromatic rings. The Labute approximate surface area is 94.9 Å². The van der Waals surface area contributed by atoms with Crippen LogP contribution < -0.4 is 11.1 Å². The van der Waals surface area contributed by atoms with Crippen LogP contribution in [0.4, 0.5) is 11.8 Å². The molecule has 1 amide bonds. The molecule has 16 heavy (non-hydrogen) atoms. The van der Waals surface area contributed by atoms with Gasteiger partial charge in [0.1, 0.15) is 11.9 Å². The second-order valence-corrected chi connectivity index (χ2v) is 3.52. The van der Waals surface area contributed by atoms with Gasteiger partial charge in [-0.3, -0.25) is 4.79 Å². The summed E-state index contributed by atoms with van der Waals surface area (Å²) in [4.78, 5) is 21.3. The Hall–Kier alpha value is -1.85. The van der Waals surface area contributed by atoms with Gasteiger partial charge in [-0.05, 0) is 19.9 Å². The molecule has 6 heteroatoms. The van der Waals surface area contributed by atoms with Gasteiger partial charge in [0.25, 0.3) is 0 Å². The van der Waals surface area contributed by atoms with E-state index in [9.17, 15) is 4.79 Å². The molecule has 0 spiro atoms. The fourth-order valence-corrected chi connectivity index (χ4v) is 1.18. The number of anilines is 2. The molecule has 0 aliphatic heterocycles. The summed E-state index contributed by atoms with van der Waals surface area (Å²) in [5.41, 5.74) is 5.51. The molecule has 1 aromatic heterocycles. The summed E-state index contributed by atoms with van der Waals surface area (Å²) in [7, 11) is 1.75. The molecule has 0 aliphatic carbocycles. The summed E-state index contributed by atoms with van der Waals surface area (Å²) in [6.07, 6.45) is 1.55. The van der Waals surface area contributed by atoms with Gasteiger partial charge in [-0.1, -0.05) is 0 Å². The van der Waals surface area contributed by atoms with Gasteiger partial charge in [0, 0.05) is 19.8 Å². The lowest BCUT2D eigenvalue weighted by atomic mass is 10.3. The van der Waals surface area contributed by atoms with E-state index in [0.29, 0.717) is 18.3 Å². The standard InChI is InChI=1S/C10H17N5O/c1-4-15(3)9(16)7(2)13-10-12-6-5-8(11)14-10/h5-7H,4H2,1-3H3,(H3,11,12,13,14). The highest BCUT2D eigenvalue weighted by molar-refractivity contribution is 5.83. The number of nitrogen functional groups attached to an aromatic ring is 1. The minimum Gasteiger partial charge on any atom is -0.384 e. The van der Waals surface area contributed by atoms with Crippen LogP contribution >= 0.6 is 0 Å². The molecular weight excluding hydrogens is 206 g/mol. The summed E-state index contributed by atoms with van der Waals surface area (Å²) >= 11 is 0. The van der Waals surface area contributed by atoms with E-state index in [1.807, 2.05) is 6.92 Å². The van der Waals surface area contributed by atoms with E-state index in [0.717, 1.165) is 0 Å². The number of nitrogens with one attached hydrogen (secondary N) is 1. The van der Waals surface area contributed by atoms with E-state index in [1.165, 1.54) is 0 Å². The molecule has 0 saturated carbocycles. The van der Waals surface area contributed by atoms with Crippen molar-refractivity contribution in [2.75, 3.05) is 24.6 Å². The maximum atomic E-state index is 11.7. The highest BCUT2D eigenvalue weighted by Crippen LogP contribution is 2.04.